The van der Waals surface area contributed by atoms with Crippen molar-refractivity contribution in [1.29, 1.82) is 0 Å². The van der Waals surface area contributed by atoms with Crippen molar-refractivity contribution in [3.8, 4) is 0 Å². The molecule has 1 nitrogen and oxygen atoms in total. The van der Waals surface area contributed by atoms with Crippen LogP contribution in [0, 0.1) is 13.8 Å². The first kappa shape index (κ1) is 15.1. The summed E-state index contributed by atoms with van der Waals surface area (Å²) in [5, 5.41) is 3.52. The average Bonchev–Trinajstić information content (AvgIpc) is 2.41. The number of hydrogen-bond acceptors (Lipinski definition) is 2. The van der Waals surface area contributed by atoms with Gasteiger partial charge in [0.15, 0.2) is 0 Å². The fourth-order valence-corrected chi connectivity index (χ4v) is 3.06. The Balaban J connectivity index is 2.24. The summed E-state index contributed by atoms with van der Waals surface area (Å²) in [6, 6.07) is 15.8. The zero-order valence-electron chi connectivity index (χ0n) is 12.7. The molecule has 0 atom stereocenters. The zero-order valence-corrected chi connectivity index (χ0v) is 13.6. The van der Waals surface area contributed by atoms with Crippen molar-refractivity contribution in [1.82, 2.24) is 5.32 Å². The maximum absolute atomic E-state index is 3.52. The molecule has 2 aromatic carbocycles. The van der Waals surface area contributed by atoms with E-state index in [0.29, 0.717) is 6.04 Å². The van der Waals surface area contributed by atoms with Crippen LogP contribution >= 0.6 is 11.8 Å². The van der Waals surface area contributed by atoms with Gasteiger partial charge in [0.1, 0.15) is 0 Å². The molecule has 106 valence electrons. The minimum absolute atomic E-state index is 0.506. The lowest BCUT2D eigenvalue weighted by Gasteiger charge is -2.14. The van der Waals surface area contributed by atoms with Crippen LogP contribution in [0.4, 0.5) is 0 Å². The molecule has 0 aliphatic carbocycles. The van der Waals surface area contributed by atoms with E-state index >= 15 is 0 Å². The number of nitrogens with one attached hydrogen (secondary N) is 1. The molecule has 0 amide bonds. The molecule has 0 aromatic heterocycles. The molecule has 20 heavy (non-hydrogen) atoms. The quantitative estimate of drug-likeness (QED) is 0.834. The van der Waals surface area contributed by atoms with Gasteiger partial charge < -0.3 is 5.32 Å². The van der Waals surface area contributed by atoms with E-state index in [1.54, 1.807) is 0 Å². The van der Waals surface area contributed by atoms with Gasteiger partial charge in [0.25, 0.3) is 0 Å². The van der Waals surface area contributed by atoms with Crippen LogP contribution in [0.5, 0.6) is 0 Å². The van der Waals surface area contributed by atoms with Crippen molar-refractivity contribution >= 4 is 11.8 Å². The van der Waals surface area contributed by atoms with Gasteiger partial charge in [-0.05, 0) is 37.1 Å². The van der Waals surface area contributed by atoms with Gasteiger partial charge in [0.2, 0.25) is 0 Å². The predicted molar refractivity (Wildman–Crippen MR) is 88.5 cm³/mol. The normalized spacial score (nSPS) is 11.1. The third kappa shape index (κ3) is 4.12. The van der Waals surface area contributed by atoms with E-state index in [1.165, 1.54) is 26.5 Å². The van der Waals surface area contributed by atoms with Gasteiger partial charge in [-0.3, -0.25) is 0 Å². The molecule has 0 unspecified atom stereocenters. The third-order valence-corrected chi connectivity index (χ3v) is 4.53. The van der Waals surface area contributed by atoms with E-state index in [0.717, 1.165) is 6.54 Å². The van der Waals surface area contributed by atoms with E-state index in [1.807, 2.05) is 11.8 Å². The highest BCUT2D eigenvalue weighted by atomic mass is 32.2. The summed E-state index contributed by atoms with van der Waals surface area (Å²) in [5.74, 6) is 0. The summed E-state index contributed by atoms with van der Waals surface area (Å²) in [5.41, 5.74) is 4.03. The fourth-order valence-electron chi connectivity index (χ4n) is 2.05. The lowest BCUT2D eigenvalue weighted by Crippen LogP contribution is -2.22. The van der Waals surface area contributed by atoms with Gasteiger partial charge in [-0.2, -0.15) is 0 Å². The molecule has 0 aliphatic heterocycles. The van der Waals surface area contributed by atoms with Crippen molar-refractivity contribution in [2.45, 2.75) is 50.1 Å². The Labute approximate surface area is 126 Å². The first-order valence-electron chi connectivity index (χ1n) is 7.12. The highest BCUT2D eigenvalue weighted by Gasteiger charge is 2.07. The molecule has 0 spiro atoms. The van der Waals surface area contributed by atoms with E-state index in [9.17, 15) is 0 Å². The Kier molecular flexibility index (Phi) is 5.27. The van der Waals surface area contributed by atoms with Crippen LogP contribution in [0.15, 0.2) is 52.3 Å². The minimum atomic E-state index is 0.506. The Hall–Kier alpha value is -1.25. The summed E-state index contributed by atoms with van der Waals surface area (Å²) in [4.78, 5) is 2.68. The van der Waals surface area contributed by atoms with E-state index in [4.69, 9.17) is 0 Å². The molecule has 0 aliphatic rings. The Morgan fingerprint density at radius 2 is 1.75 bits per heavy atom. The first-order valence-corrected chi connectivity index (χ1v) is 7.94. The van der Waals surface area contributed by atoms with Crippen LogP contribution in [0.3, 0.4) is 0 Å². The third-order valence-electron chi connectivity index (χ3n) is 3.23. The summed E-state index contributed by atoms with van der Waals surface area (Å²) in [6.07, 6.45) is 0. The molecule has 0 radical (unpaired) electrons. The fraction of sp³-hybridized carbons (Fsp3) is 0.333. The number of hydrogen-bond donors (Lipinski definition) is 1. The van der Waals surface area contributed by atoms with E-state index in [-0.39, 0.29) is 0 Å². The second-order valence-electron chi connectivity index (χ2n) is 5.51. The number of aryl methyl sites for hydroxylation is 2. The molecule has 0 saturated carbocycles. The van der Waals surface area contributed by atoms with Gasteiger partial charge in [0, 0.05) is 22.4 Å². The van der Waals surface area contributed by atoms with Crippen LogP contribution < -0.4 is 5.32 Å². The second kappa shape index (κ2) is 6.96. The largest absolute Gasteiger partial charge is 0.310 e. The van der Waals surface area contributed by atoms with Gasteiger partial charge in [-0.15, -0.1) is 0 Å². The van der Waals surface area contributed by atoms with Gasteiger partial charge in [-0.1, -0.05) is 61.5 Å². The van der Waals surface area contributed by atoms with Gasteiger partial charge >= 0.3 is 0 Å². The van der Waals surface area contributed by atoms with E-state index < -0.39 is 0 Å². The maximum Gasteiger partial charge on any atom is 0.0219 e. The molecule has 2 aromatic rings. The lowest BCUT2D eigenvalue weighted by molar-refractivity contribution is 0.584. The van der Waals surface area contributed by atoms with Crippen molar-refractivity contribution in [3.63, 3.8) is 0 Å². The molecule has 2 heteroatoms. The second-order valence-corrected chi connectivity index (χ2v) is 6.60. The molecule has 0 heterocycles. The molecular weight excluding hydrogens is 262 g/mol. The smallest absolute Gasteiger partial charge is 0.0219 e. The average molecular weight is 285 g/mol. The van der Waals surface area contributed by atoms with E-state index in [2.05, 4.69) is 75.5 Å². The van der Waals surface area contributed by atoms with Crippen LogP contribution in [-0.2, 0) is 6.54 Å². The standard InChI is InChI=1S/C18H23NS/c1-13(2)19-12-16-11-14(3)9-10-18(16)20-17-8-6-5-7-15(17)4/h5-11,13,19H,12H2,1-4H3. The molecule has 0 saturated heterocycles. The monoisotopic (exact) mass is 285 g/mol. The highest BCUT2D eigenvalue weighted by molar-refractivity contribution is 7.99. The molecular formula is C18H23NS. The van der Waals surface area contributed by atoms with Crippen LogP contribution in [0.25, 0.3) is 0 Å². The lowest BCUT2D eigenvalue weighted by atomic mass is 10.1. The molecule has 2 rings (SSSR count). The summed E-state index contributed by atoms with van der Waals surface area (Å²) in [7, 11) is 0. The Bertz CT molecular complexity index is 575. The van der Waals surface area contributed by atoms with Crippen molar-refractivity contribution in [2.24, 2.45) is 0 Å². The summed E-state index contributed by atoms with van der Waals surface area (Å²) in [6.45, 7) is 9.62. The van der Waals surface area contributed by atoms with Gasteiger partial charge in [0.05, 0.1) is 0 Å². The molecule has 0 bridgehead atoms. The minimum Gasteiger partial charge on any atom is -0.310 e. The summed E-state index contributed by atoms with van der Waals surface area (Å²) < 4.78 is 0. The number of rotatable bonds is 5. The maximum atomic E-state index is 3.52. The Morgan fingerprint density at radius 3 is 2.45 bits per heavy atom. The summed E-state index contributed by atoms with van der Waals surface area (Å²) >= 11 is 1.86. The Morgan fingerprint density at radius 1 is 1.00 bits per heavy atom. The van der Waals surface area contributed by atoms with Crippen molar-refractivity contribution in [2.75, 3.05) is 0 Å². The molecule has 0 fully saturated rings. The van der Waals surface area contributed by atoms with Crippen molar-refractivity contribution in [3.05, 3.63) is 59.2 Å². The first-order chi connectivity index (χ1) is 9.56. The molecule has 1 N–H and O–H groups in total. The highest BCUT2D eigenvalue weighted by Crippen LogP contribution is 2.33. The van der Waals surface area contributed by atoms with Crippen LogP contribution in [0.2, 0.25) is 0 Å². The van der Waals surface area contributed by atoms with Gasteiger partial charge in [-0.25, -0.2) is 0 Å². The zero-order chi connectivity index (χ0) is 14.5. The SMILES string of the molecule is Cc1ccc(Sc2ccccc2C)c(CNC(C)C)c1. The number of benzene rings is 2. The predicted octanol–water partition coefficient (Wildman–Crippen LogP) is 4.95. The van der Waals surface area contributed by atoms with Crippen molar-refractivity contribution < 1.29 is 0 Å². The van der Waals surface area contributed by atoms with Crippen LogP contribution in [0.1, 0.15) is 30.5 Å². The van der Waals surface area contributed by atoms with Crippen LogP contribution in [-0.4, -0.2) is 6.04 Å². The topological polar surface area (TPSA) is 12.0 Å².